The van der Waals surface area contributed by atoms with E-state index < -0.39 is 0 Å². The lowest BCUT2D eigenvalue weighted by Gasteiger charge is -2.17. The molecule has 0 N–H and O–H groups in total. The van der Waals surface area contributed by atoms with Crippen LogP contribution in [-0.4, -0.2) is 24.6 Å². The van der Waals surface area contributed by atoms with E-state index in [1.807, 2.05) is 42.9 Å². The molecular formula is C25H19ClN4O. The van der Waals surface area contributed by atoms with Crippen molar-refractivity contribution in [2.24, 2.45) is 5.92 Å². The van der Waals surface area contributed by atoms with Crippen molar-refractivity contribution in [3.63, 3.8) is 0 Å². The second kappa shape index (κ2) is 6.86. The lowest BCUT2D eigenvalue weighted by molar-refractivity contribution is -0.113. The highest BCUT2D eigenvalue weighted by Gasteiger charge is 2.48. The summed E-state index contributed by atoms with van der Waals surface area (Å²) in [5, 5.41) is 0.832. The van der Waals surface area contributed by atoms with E-state index in [4.69, 9.17) is 11.6 Å². The van der Waals surface area contributed by atoms with Crippen molar-refractivity contribution in [2.75, 3.05) is 0 Å². The Kier molecular flexibility index (Phi) is 4.08. The van der Waals surface area contributed by atoms with Gasteiger partial charge in [-0.2, -0.15) is 0 Å². The van der Waals surface area contributed by atoms with Gasteiger partial charge in [0, 0.05) is 35.0 Å². The largest absolute Gasteiger partial charge is 0.287 e. The maximum Gasteiger partial charge on any atom is 0.233 e. The van der Waals surface area contributed by atoms with Gasteiger partial charge in [-0.15, -0.1) is 0 Å². The lowest BCUT2D eigenvalue weighted by Crippen LogP contribution is -2.12. The van der Waals surface area contributed by atoms with Gasteiger partial charge in [-0.1, -0.05) is 30.4 Å². The zero-order valence-corrected chi connectivity index (χ0v) is 17.5. The predicted octanol–water partition coefficient (Wildman–Crippen LogP) is 5.08. The van der Waals surface area contributed by atoms with Gasteiger partial charge in [-0.3, -0.25) is 14.2 Å². The zero-order valence-electron chi connectivity index (χ0n) is 16.7. The molecule has 1 aromatic carbocycles. The number of rotatable bonds is 4. The summed E-state index contributed by atoms with van der Waals surface area (Å²) in [4.78, 5) is 25.0. The summed E-state index contributed by atoms with van der Waals surface area (Å²) in [5.41, 5.74) is 5.46. The molecule has 1 fully saturated rings. The number of carbonyl (C=O) groups is 1. The third-order valence-corrected chi connectivity index (χ3v) is 6.77. The third-order valence-electron chi connectivity index (χ3n) is 6.49. The molecule has 31 heavy (non-hydrogen) atoms. The Morgan fingerprint density at radius 1 is 1.13 bits per heavy atom. The fourth-order valence-electron chi connectivity index (χ4n) is 4.57. The molecule has 6 rings (SSSR count). The lowest BCUT2D eigenvalue weighted by atomic mass is 9.91. The van der Waals surface area contributed by atoms with Crippen LogP contribution in [0, 0.1) is 5.92 Å². The van der Waals surface area contributed by atoms with Crippen LogP contribution in [0.1, 0.15) is 36.1 Å². The van der Waals surface area contributed by atoms with E-state index in [2.05, 4.69) is 49.8 Å². The summed E-state index contributed by atoms with van der Waals surface area (Å²) < 4.78 is 2.11. The average Bonchev–Trinajstić information content (AvgIpc) is 3.51. The van der Waals surface area contributed by atoms with Crippen molar-refractivity contribution < 1.29 is 4.79 Å². The first-order chi connectivity index (χ1) is 15.1. The first kappa shape index (κ1) is 18.5. The Morgan fingerprint density at radius 2 is 2.00 bits per heavy atom. The summed E-state index contributed by atoms with van der Waals surface area (Å²) in [6, 6.07) is 10.6. The van der Waals surface area contributed by atoms with Crippen molar-refractivity contribution in [2.45, 2.75) is 24.7 Å². The number of imidazole rings is 1. The number of carbonyl (C=O) groups excluding carboxylic acids is 1. The first-order valence-electron chi connectivity index (χ1n) is 10.4. The zero-order chi connectivity index (χ0) is 21.0. The minimum atomic E-state index is -0.321. The topological polar surface area (TPSA) is 60.2 Å². The monoisotopic (exact) mass is 426 g/mol. The van der Waals surface area contributed by atoms with Crippen molar-refractivity contribution in [3.05, 3.63) is 90.2 Å². The van der Waals surface area contributed by atoms with Crippen LogP contribution >= 0.6 is 11.6 Å². The quantitative estimate of drug-likeness (QED) is 0.427. The van der Waals surface area contributed by atoms with Gasteiger partial charge in [-0.25, -0.2) is 9.97 Å². The second-order valence-corrected chi connectivity index (χ2v) is 8.69. The van der Waals surface area contributed by atoms with E-state index in [1.165, 1.54) is 5.56 Å². The van der Waals surface area contributed by atoms with Crippen molar-refractivity contribution in [1.82, 2.24) is 19.4 Å². The maximum absolute atomic E-state index is 11.4. The van der Waals surface area contributed by atoms with Crippen LogP contribution in [0.15, 0.2) is 73.3 Å². The highest BCUT2D eigenvalue weighted by Crippen LogP contribution is 2.53. The van der Waals surface area contributed by atoms with Gasteiger partial charge in [0.1, 0.15) is 0 Å². The molecule has 1 unspecified atom stereocenters. The number of allylic oxidation sites excluding steroid dienone is 4. The summed E-state index contributed by atoms with van der Waals surface area (Å²) in [6.07, 6.45) is 16.4. The van der Waals surface area contributed by atoms with E-state index >= 15 is 0 Å². The van der Waals surface area contributed by atoms with E-state index in [-0.39, 0.29) is 16.6 Å². The third kappa shape index (κ3) is 3.00. The number of nitrogens with zero attached hydrogens (tertiary/aromatic N) is 4. The molecule has 3 aromatic heterocycles. The summed E-state index contributed by atoms with van der Waals surface area (Å²) in [6.45, 7) is 0. The molecule has 0 aliphatic heterocycles. The Morgan fingerprint density at radius 3 is 2.77 bits per heavy atom. The van der Waals surface area contributed by atoms with Crippen LogP contribution in [0.25, 0.3) is 22.3 Å². The highest BCUT2D eigenvalue weighted by molar-refractivity contribution is 6.64. The molecular weight excluding hydrogens is 408 g/mol. The van der Waals surface area contributed by atoms with Crippen LogP contribution in [0.3, 0.4) is 0 Å². The molecule has 3 heterocycles. The highest BCUT2D eigenvalue weighted by atomic mass is 35.5. The normalized spacial score (nSPS) is 19.5. The summed E-state index contributed by atoms with van der Waals surface area (Å²) >= 11 is 5.64. The van der Waals surface area contributed by atoms with Gasteiger partial charge >= 0.3 is 0 Å². The first-order valence-corrected chi connectivity index (χ1v) is 10.8. The number of fused-ring (bicyclic) bond motifs is 2. The molecule has 4 aromatic rings. The molecule has 2 aliphatic carbocycles. The number of hydrogen-bond acceptors (Lipinski definition) is 4. The minimum absolute atomic E-state index is 0.0450. The smallest absolute Gasteiger partial charge is 0.233 e. The summed E-state index contributed by atoms with van der Waals surface area (Å²) in [5.74, 6) is 0.449. The molecule has 1 atom stereocenters. The molecule has 0 bridgehead atoms. The number of halogens is 1. The fourth-order valence-corrected chi connectivity index (χ4v) is 4.73. The molecule has 0 radical (unpaired) electrons. The standard InChI is InChI=1S/C25H19ClN4O/c26-23(31)17-5-3-16(4-6-17)19-13-28-24-29-14-22(30(24)15-19)25(9-10-25)20-7-8-21-18(12-20)2-1-11-27-21/h1-5,7-8,11-15,17H,6,9-10H2. The average molecular weight is 427 g/mol. The molecule has 0 saturated heterocycles. The van der Waals surface area contributed by atoms with E-state index in [0.29, 0.717) is 12.2 Å². The van der Waals surface area contributed by atoms with Crippen molar-refractivity contribution in [1.29, 1.82) is 0 Å². The molecule has 152 valence electrons. The number of aromatic nitrogens is 4. The Bertz CT molecular complexity index is 1410. The minimum Gasteiger partial charge on any atom is -0.287 e. The van der Waals surface area contributed by atoms with Crippen LogP contribution in [0.5, 0.6) is 0 Å². The van der Waals surface area contributed by atoms with Gasteiger partial charge in [0.2, 0.25) is 11.0 Å². The van der Waals surface area contributed by atoms with E-state index in [1.54, 1.807) is 0 Å². The van der Waals surface area contributed by atoms with Crippen molar-refractivity contribution >= 4 is 39.1 Å². The number of hydrogen-bond donors (Lipinski definition) is 0. The SMILES string of the molecule is O=C(Cl)C1C=CC(c2cnc3ncc(C4(c5ccc6ncccc6c5)CC4)n3c2)=CC1. The summed E-state index contributed by atoms with van der Waals surface area (Å²) in [7, 11) is 0. The van der Waals surface area contributed by atoms with Gasteiger partial charge in [0.15, 0.2) is 0 Å². The molecule has 5 nitrogen and oxygen atoms in total. The fraction of sp³-hybridized carbons (Fsp3) is 0.200. The molecule has 0 spiro atoms. The molecule has 0 amide bonds. The van der Waals surface area contributed by atoms with Crippen LogP contribution in [-0.2, 0) is 10.2 Å². The van der Waals surface area contributed by atoms with Crippen LogP contribution in [0.2, 0.25) is 0 Å². The second-order valence-electron chi connectivity index (χ2n) is 8.31. The van der Waals surface area contributed by atoms with Crippen molar-refractivity contribution in [3.8, 4) is 0 Å². The Balaban J connectivity index is 1.41. The maximum atomic E-state index is 11.4. The Hall–Kier alpha value is -3.31. The van der Waals surface area contributed by atoms with Gasteiger partial charge < -0.3 is 0 Å². The van der Waals surface area contributed by atoms with Crippen LogP contribution < -0.4 is 0 Å². The van der Waals surface area contributed by atoms with E-state index in [0.717, 1.165) is 40.6 Å². The van der Waals surface area contributed by atoms with Gasteiger partial charge in [-0.05, 0) is 60.2 Å². The Labute approximate surface area is 184 Å². The molecule has 1 saturated carbocycles. The number of benzene rings is 1. The van der Waals surface area contributed by atoms with Gasteiger partial charge in [0.05, 0.1) is 23.3 Å². The van der Waals surface area contributed by atoms with Crippen LogP contribution in [0.4, 0.5) is 0 Å². The molecule has 2 aliphatic rings. The molecule has 6 heteroatoms. The number of pyridine rings is 1. The van der Waals surface area contributed by atoms with E-state index in [9.17, 15) is 4.79 Å². The van der Waals surface area contributed by atoms with Gasteiger partial charge in [0.25, 0.3) is 0 Å². The predicted molar refractivity (Wildman–Crippen MR) is 121 cm³/mol.